The highest BCUT2D eigenvalue weighted by Gasteiger charge is 2.22. The Hall–Kier alpha value is -9.52. The van der Waals surface area contributed by atoms with Gasteiger partial charge in [-0.3, -0.25) is 0 Å². The van der Waals surface area contributed by atoms with E-state index < -0.39 is 0 Å². The molecule has 0 spiro atoms. The van der Waals surface area contributed by atoms with Crippen molar-refractivity contribution in [2.75, 3.05) is 0 Å². The molecule has 0 atom stereocenters. The Kier molecular flexibility index (Phi) is 9.10. The van der Waals surface area contributed by atoms with Gasteiger partial charge in [-0.05, 0) is 64.7 Å². The summed E-state index contributed by atoms with van der Waals surface area (Å²) in [4.78, 5) is 20.9. The predicted molar refractivity (Wildman–Crippen MR) is 285 cm³/mol. The van der Waals surface area contributed by atoms with Gasteiger partial charge in [0, 0.05) is 71.1 Å². The fourth-order valence-corrected chi connectivity index (χ4v) is 10.3. The quantitative estimate of drug-likeness (QED) is 0.148. The van der Waals surface area contributed by atoms with Gasteiger partial charge in [-0.25, -0.2) is 19.9 Å². The normalized spacial score (nSPS) is 11.7. The summed E-state index contributed by atoms with van der Waals surface area (Å²) in [6, 6.07) is 79.7. The molecule has 0 N–H and O–H groups in total. The number of fused-ring (bicyclic) bond motifs is 9. The molecule has 10 aromatic carbocycles. The Balaban J connectivity index is 0.905. The largest absolute Gasteiger partial charge is 0.456 e. The van der Waals surface area contributed by atoms with Crippen molar-refractivity contribution in [1.82, 2.24) is 19.9 Å². The summed E-state index contributed by atoms with van der Waals surface area (Å²) in [6.07, 6.45) is 0. The van der Waals surface area contributed by atoms with Crippen LogP contribution in [0.3, 0.4) is 0 Å². The Labute approximate surface area is 401 Å². The van der Waals surface area contributed by atoms with Gasteiger partial charge in [0.2, 0.25) is 0 Å². The first-order valence-electron chi connectivity index (χ1n) is 23.4. The van der Waals surface area contributed by atoms with Crippen LogP contribution in [-0.4, -0.2) is 19.9 Å². The van der Waals surface area contributed by atoms with Crippen molar-refractivity contribution in [3.05, 3.63) is 231 Å². The molecule has 326 valence electrons. The van der Waals surface area contributed by atoms with Gasteiger partial charge in [-0.1, -0.05) is 188 Å². The number of hydrogen-bond acceptors (Lipinski definition) is 6. The van der Waals surface area contributed by atoms with Crippen LogP contribution in [-0.2, 0) is 0 Å². The maximum atomic E-state index is 6.65. The molecule has 0 aliphatic heterocycles. The summed E-state index contributed by atoms with van der Waals surface area (Å²) in [6.45, 7) is 0. The van der Waals surface area contributed by atoms with Crippen LogP contribution in [0.2, 0.25) is 0 Å². The van der Waals surface area contributed by atoms with Gasteiger partial charge in [0.05, 0.1) is 11.2 Å². The molecule has 70 heavy (non-hydrogen) atoms. The minimum Gasteiger partial charge on any atom is -0.456 e. The van der Waals surface area contributed by atoms with E-state index in [0.29, 0.717) is 17.5 Å². The van der Waals surface area contributed by atoms with Crippen LogP contribution in [0.25, 0.3) is 144 Å². The molecule has 0 bridgehead atoms. The molecule has 0 fully saturated rings. The molecule has 0 aliphatic rings. The third kappa shape index (κ3) is 6.57. The van der Waals surface area contributed by atoms with Crippen LogP contribution < -0.4 is 0 Å². The average molecular weight is 895 g/mol. The van der Waals surface area contributed by atoms with Crippen molar-refractivity contribution in [2.45, 2.75) is 0 Å². The average Bonchev–Trinajstić information content (AvgIpc) is 4.01. The van der Waals surface area contributed by atoms with Crippen LogP contribution in [0.15, 0.2) is 239 Å². The Bertz CT molecular complexity index is 4370. The standard InChI is InChI=1S/C64H38N4O2/c1-3-17-39(18-4-1)57-58-50-28-7-10-32-53(50)65-60(52(58)38-56-59(57)51-29-9-12-34-55(51)69-56)44-24-13-21-41(35-44)42-22-14-25-45(36-42)63-66-62(40-19-5-2-6-20-40)67-64(68-63)46-26-15-23-43(37-46)47-30-16-31-49-48-27-8-11-33-54(48)70-61(47)49/h1-38H. The summed E-state index contributed by atoms with van der Waals surface area (Å²) in [7, 11) is 0. The first-order valence-corrected chi connectivity index (χ1v) is 23.4. The first kappa shape index (κ1) is 39.6. The number of aromatic nitrogens is 4. The van der Waals surface area contributed by atoms with Crippen molar-refractivity contribution in [3.8, 4) is 78.8 Å². The van der Waals surface area contributed by atoms with E-state index in [0.717, 1.165) is 127 Å². The molecular weight excluding hydrogens is 857 g/mol. The Morgan fingerprint density at radius 2 is 0.771 bits per heavy atom. The summed E-state index contributed by atoms with van der Waals surface area (Å²) in [5.74, 6) is 1.76. The maximum Gasteiger partial charge on any atom is 0.164 e. The van der Waals surface area contributed by atoms with E-state index in [1.807, 2.05) is 60.7 Å². The van der Waals surface area contributed by atoms with E-state index in [2.05, 4.69) is 170 Å². The van der Waals surface area contributed by atoms with Crippen molar-refractivity contribution in [2.24, 2.45) is 0 Å². The highest BCUT2D eigenvalue weighted by Crippen LogP contribution is 2.47. The number of benzene rings is 10. The lowest BCUT2D eigenvalue weighted by molar-refractivity contribution is 0.669. The lowest BCUT2D eigenvalue weighted by Crippen LogP contribution is -2.00. The van der Waals surface area contributed by atoms with E-state index >= 15 is 0 Å². The van der Waals surface area contributed by atoms with Gasteiger partial charge in [-0.2, -0.15) is 0 Å². The van der Waals surface area contributed by atoms with Crippen LogP contribution in [0.4, 0.5) is 0 Å². The van der Waals surface area contributed by atoms with Crippen LogP contribution in [0, 0.1) is 0 Å². The summed E-state index contributed by atoms with van der Waals surface area (Å²) >= 11 is 0. The number of furan rings is 2. The third-order valence-corrected chi connectivity index (χ3v) is 13.5. The molecule has 0 radical (unpaired) electrons. The highest BCUT2D eigenvalue weighted by atomic mass is 16.3. The lowest BCUT2D eigenvalue weighted by atomic mass is 9.89. The zero-order valence-electron chi connectivity index (χ0n) is 37.5. The third-order valence-electron chi connectivity index (χ3n) is 13.5. The van der Waals surface area contributed by atoms with E-state index in [1.54, 1.807) is 0 Å². The lowest BCUT2D eigenvalue weighted by Gasteiger charge is -2.16. The molecule has 0 unspecified atom stereocenters. The molecule has 6 heteroatoms. The molecule has 0 amide bonds. The van der Waals surface area contributed by atoms with Crippen molar-refractivity contribution < 1.29 is 8.83 Å². The minimum atomic E-state index is 0.581. The van der Waals surface area contributed by atoms with Gasteiger partial charge >= 0.3 is 0 Å². The zero-order chi connectivity index (χ0) is 46.1. The molecule has 0 aliphatic carbocycles. The first-order chi connectivity index (χ1) is 34.7. The van der Waals surface area contributed by atoms with Crippen molar-refractivity contribution in [1.29, 1.82) is 0 Å². The fourth-order valence-electron chi connectivity index (χ4n) is 10.3. The SMILES string of the molecule is c1ccc(-c2nc(-c3cccc(-c4cccc(-c5nc6ccccc6c6c(-c7ccccc7)c7c(cc56)oc5ccccc57)c4)c3)nc(-c3cccc(-c4cccc5c4oc4ccccc45)c3)n2)cc1. The van der Waals surface area contributed by atoms with Crippen LogP contribution >= 0.6 is 0 Å². The fraction of sp³-hybridized carbons (Fsp3) is 0. The van der Waals surface area contributed by atoms with Gasteiger partial charge < -0.3 is 8.83 Å². The zero-order valence-corrected chi connectivity index (χ0v) is 37.5. The summed E-state index contributed by atoms with van der Waals surface area (Å²) in [5.41, 5.74) is 15.2. The molecule has 0 saturated carbocycles. The van der Waals surface area contributed by atoms with Crippen LogP contribution in [0.1, 0.15) is 0 Å². The molecule has 4 heterocycles. The summed E-state index contributed by atoms with van der Waals surface area (Å²) < 4.78 is 13.1. The van der Waals surface area contributed by atoms with Crippen molar-refractivity contribution in [3.63, 3.8) is 0 Å². The Morgan fingerprint density at radius 1 is 0.271 bits per heavy atom. The minimum absolute atomic E-state index is 0.581. The van der Waals surface area contributed by atoms with E-state index in [-0.39, 0.29) is 0 Å². The topological polar surface area (TPSA) is 77.8 Å². The molecular formula is C64H38N4O2. The second-order valence-electron chi connectivity index (χ2n) is 17.7. The number of para-hydroxylation sites is 4. The molecule has 0 saturated heterocycles. The van der Waals surface area contributed by atoms with Gasteiger partial charge in [0.25, 0.3) is 0 Å². The molecule has 14 rings (SSSR count). The number of pyridine rings is 1. The van der Waals surface area contributed by atoms with Crippen LogP contribution in [0.5, 0.6) is 0 Å². The molecule has 14 aromatic rings. The number of nitrogens with zero attached hydrogens (tertiary/aromatic N) is 4. The van der Waals surface area contributed by atoms with E-state index in [4.69, 9.17) is 28.8 Å². The van der Waals surface area contributed by atoms with Crippen molar-refractivity contribution >= 4 is 65.6 Å². The van der Waals surface area contributed by atoms with E-state index in [1.165, 1.54) is 0 Å². The number of rotatable bonds is 7. The summed E-state index contributed by atoms with van der Waals surface area (Å²) in [5, 5.41) is 7.65. The second-order valence-corrected chi connectivity index (χ2v) is 17.7. The van der Waals surface area contributed by atoms with E-state index in [9.17, 15) is 0 Å². The predicted octanol–water partition coefficient (Wildman–Crippen LogP) is 17.0. The molecule has 6 nitrogen and oxygen atoms in total. The Morgan fingerprint density at radius 3 is 1.50 bits per heavy atom. The highest BCUT2D eigenvalue weighted by molar-refractivity contribution is 6.27. The van der Waals surface area contributed by atoms with Gasteiger partial charge in [-0.15, -0.1) is 0 Å². The maximum absolute atomic E-state index is 6.65. The molecule has 4 aromatic heterocycles. The monoisotopic (exact) mass is 894 g/mol. The number of hydrogen-bond donors (Lipinski definition) is 0. The second kappa shape index (κ2) is 16.1. The smallest absolute Gasteiger partial charge is 0.164 e. The van der Waals surface area contributed by atoms with Gasteiger partial charge in [0.15, 0.2) is 17.5 Å². The van der Waals surface area contributed by atoms with Gasteiger partial charge in [0.1, 0.15) is 22.3 Å².